The Labute approximate surface area is 150 Å². The van der Waals surface area contributed by atoms with Gasteiger partial charge in [-0.3, -0.25) is 9.78 Å². The average Bonchev–Trinajstić information content (AvgIpc) is 3.03. The number of aromatic nitrogens is 3. The zero-order valence-electron chi connectivity index (χ0n) is 13.7. The summed E-state index contributed by atoms with van der Waals surface area (Å²) in [5, 5.41) is 7.48. The van der Waals surface area contributed by atoms with Crippen LogP contribution in [0.2, 0.25) is 0 Å². The Morgan fingerprint density at radius 1 is 1.40 bits per heavy atom. The molecule has 1 saturated heterocycles. The molecule has 4 rings (SSSR count). The van der Waals surface area contributed by atoms with E-state index in [0.29, 0.717) is 18.0 Å². The maximum absolute atomic E-state index is 12.2. The van der Waals surface area contributed by atoms with Gasteiger partial charge in [0.25, 0.3) is 0 Å². The molecular formula is C16H18N4O3S2. The molecule has 2 aromatic heterocycles. The second-order valence-electron chi connectivity index (χ2n) is 6.37. The summed E-state index contributed by atoms with van der Waals surface area (Å²) in [6.07, 6.45) is 4.04. The first-order chi connectivity index (χ1) is 11.9. The summed E-state index contributed by atoms with van der Waals surface area (Å²) in [6, 6.07) is 3.63. The molecule has 2 atom stereocenters. The molecule has 2 aliphatic heterocycles. The maximum Gasteiger partial charge on any atom is 0.235 e. The molecule has 0 radical (unpaired) electrons. The first-order valence-electron chi connectivity index (χ1n) is 8.05. The third-order valence-corrected chi connectivity index (χ3v) is 7.59. The van der Waals surface area contributed by atoms with E-state index >= 15 is 0 Å². The van der Waals surface area contributed by atoms with E-state index in [2.05, 4.69) is 15.4 Å². The molecule has 0 aromatic carbocycles. The summed E-state index contributed by atoms with van der Waals surface area (Å²) >= 11 is 1.53. The van der Waals surface area contributed by atoms with Gasteiger partial charge in [0.2, 0.25) is 5.91 Å². The van der Waals surface area contributed by atoms with Gasteiger partial charge in [0.1, 0.15) is 5.82 Å². The van der Waals surface area contributed by atoms with Gasteiger partial charge >= 0.3 is 0 Å². The predicted molar refractivity (Wildman–Crippen MR) is 96.4 cm³/mol. The lowest BCUT2D eigenvalue weighted by Gasteiger charge is -2.16. The van der Waals surface area contributed by atoms with E-state index in [-0.39, 0.29) is 28.7 Å². The molecule has 25 heavy (non-hydrogen) atoms. The topological polar surface area (TPSA) is 93.9 Å². The molecule has 9 heteroatoms. The van der Waals surface area contributed by atoms with Crippen LogP contribution in [-0.2, 0) is 14.6 Å². The molecule has 1 amide bonds. The minimum Gasteiger partial charge on any atom is -0.310 e. The third kappa shape index (κ3) is 3.06. The summed E-state index contributed by atoms with van der Waals surface area (Å²) in [4.78, 5) is 16.4. The number of hydrogen-bond acceptors (Lipinski definition) is 6. The van der Waals surface area contributed by atoms with Crippen molar-refractivity contribution in [3.63, 3.8) is 0 Å². The average molecular weight is 378 g/mol. The number of fused-ring (bicyclic) bond motifs is 1. The van der Waals surface area contributed by atoms with E-state index in [1.807, 2.05) is 19.1 Å². The van der Waals surface area contributed by atoms with Gasteiger partial charge in [-0.1, -0.05) is 6.07 Å². The number of aryl methyl sites for hydroxylation is 1. The van der Waals surface area contributed by atoms with E-state index in [1.54, 1.807) is 17.1 Å². The highest BCUT2D eigenvalue weighted by atomic mass is 32.2. The highest BCUT2D eigenvalue weighted by Crippen LogP contribution is 2.44. The zero-order chi connectivity index (χ0) is 17.6. The number of anilines is 1. The second-order valence-corrected chi connectivity index (χ2v) is 9.70. The summed E-state index contributed by atoms with van der Waals surface area (Å²) < 4.78 is 25.4. The van der Waals surface area contributed by atoms with Crippen LogP contribution in [0.1, 0.15) is 34.5 Å². The fourth-order valence-corrected chi connectivity index (χ4v) is 6.30. The number of amides is 1. The Hall–Kier alpha value is -1.87. The highest BCUT2D eigenvalue weighted by molar-refractivity contribution is 8.00. The van der Waals surface area contributed by atoms with Crippen molar-refractivity contribution in [2.45, 2.75) is 24.6 Å². The number of rotatable bonds is 2. The molecular weight excluding hydrogens is 360 g/mol. The quantitative estimate of drug-likeness (QED) is 0.855. The van der Waals surface area contributed by atoms with Gasteiger partial charge in [-0.15, -0.1) is 11.8 Å². The van der Waals surface area contributed by atoms with Crippen LogP contribution in [-0.4, -0.2) is 46.3 Å². The molecule has 2 aliphatic rings. The first-order valence-corrected chi connectivity index (χ1v) is 10.9. The van der Waals surface area contributed by atoms with Crippen molar-refractivity contribution in [3.8, 4) is 0 Å². The van der Waals surface area contributed by atoms with E-state index < -0.39 is 9.84 Å². The lowest BCUT2D eigenvalue weighted by atomic mass is 10.1. The van der Waals surface area contributed by atoms with Crippen LogP contribution >= 0.6 is 11.8 Å². The van der Waals surface area contributed by atoms with Crippen molar-refractivity contribution >= 4 is 33.3 Å². The highest BCUT2D eigenvalue weighted by Gasteiger charge is 2.36. The van der Waals surface area contributed by atoms with Crippen molar-refractivity contribution in [1.82, 2.24) is 14.8 Å². The number of carbonyl (C=O) groups excluding carboxylic acids is 1. The Bertz CT molecular complexity index is 924. The molecule has 7 nitrogen and oxygen atoms in total. The zero-order valence-corrected chi connectivity index (χ0v) is 15.3. The van der Waals surface area contributed by atoms with E-state index in [9.17, 15) is 13.2 Å². The summed E-state index contributed by atoms with van der Waals surface area (Å²) in [7, 11) is -3.04. The maximum atomic E-state index is 12.2. The summed E-state index contributed by atoms with van der Waals surface area (Å²) in [6.45, 7) is 1.90. The van der Waals surface area contributed by atoms with Crippen molar-refractivity contribution in [3.05, 3.63) is 41.3 Å². The van der Waals surface area contributed by atoms with Crippen LogP contribution in [0.3, 0.4) is 0 Å². The van der Waals surface area contributed by atoms with Gasteiger partial charge in [0.05, 0.1) is 34.2 Å². The fourth-order valence-electron chi connectivity index (χ4n) is 3.44. The normalized spacial score (nSPS) is 25.2. The number of carbonyl (C=O) groups is 1. The van der Waals surface area contributed by atoms with Gasteiger partial charge in [-0.25, -0.2) is 13.1 Å². The van der Waals surface area contributed by atoms with Crippen LogP contribution < -0.4 is 5.32 Å². The van der Waals surface area contributed by atoms with Crippen LogP contribution in [0.25, 0.3) is 0 Å². The van der Waals surface area contributed by atoms with E-state index in [0.717, 1.165) is 16.8 Å². The lowest BCUT2D eigenvalue weighted by molar-refractivity contribution is -0.113. The Morgan fingerprint density at radius 3 is 2.92 bits per heavy atom. The Balaban J connectivity index is 1.82. The van der Waals surface area contributed by atoms with Gasteiger partial charge in [-0.05, 0) is 25.0 Å². The van der Waals surface area contributed by atoms with E-state index in [1.165, 1.54) is 11.8 Å². The van der Waals surface area contributed by atoms with Gasteiger partial charge in [0.15, 0.2) is 9.84 Å². The molecule has 2 aromatic rings. The Kier molecular flexibility index (Phi) is 4.07. The van der Waals surface area contributed by atoms with Crippen LogP contribution in [0.4, 0.5) is 5.82 Å². The molecule has 1 fully saturated rings. The minimum atomic E-state index is -3.04. The fraction of sp³-hybridized carbons (Fsp3) is 0.438. The van der Waals surface area contributed by atoms with Gasteiger partial charge in [-0.2, -0.15) is 5.10 Å². The van der Waals surface area contributed by atoms with Gasteiger partial charge in [0, 0.05) is 18.0 Å². The summed E-state index contributed by atoms with van der Waals surface area (Å²) in [5.74, 6) is 1.10. The molecule has 0 saturated carbocycles. The second kappa shape index (κ2) is 6.14. The number of hydrogen-bond donors (Lipinski definition) is 1. The van der Waals surface area contributed by atoms with Gasteiger partial charge < -0.3 is 5.32 Å². The molecule has 4 heterocycles. The summed E-state index contributed by atoms with van der Waals surface area (Å²) in [5.41, 5.74) is 2.75. The smallest absolute Gasteiger partial charge is 0.235 e. The van der Waals surface area contributed by atoms with Crippen molar-refractivity contribution < 1.29 is 13.2 Å². The van der Waals surface area contributed by atoms with Crippen molar-refractivity contribution in [2.75, 3.05) is 22.6 Å². The number of thioether (sulfide) groups is 1. The molecule has 0 spiro atoms. The largest absolute Gasteiger partial charge is 0.310 e. The first kappa shape index (κ1) is 16.6. The van der Waals surface area contributed by atoms with Crippen LogP contribution in [0, 0.1) is 6.92 Å². The molecule has 132 valence electrons. The third-order valence-electron chi connectivity index (χ3n) is 4.57. The molecule has 0 bridgehead atoms. The lowest BCUT2D eigenvalue weighted by Crippen LogP contribution is -2.20. The Morgan fingerprint density at radius 2 is 2.24 bits per heavy atom. The predicted octanol–water partition coefficient (Wildman–Crippen LogP) is 1.72. The number of nitrogens with one attached hydrogen (secondary N) is 1. The number of nitrogens with zero attached hydrogens (tertiary/aromatic N) is 3. The van der Waals surface area contributed by atoms with Crippen molar-refractivity contribution in [2.24, 2.45) is 0 Å². The molecule has 0 unspecified atom stereocenters. The molecule has 1 N–H and O–H groups in total. The van der Waals surface area contributed by atoms with E-state index in [4.69, 9.17) is 0 Å². The molecule has 0 aliphatic carbocycles. The number of sulfone groups is 1. The number of pyridine rings is 1. The minimum absolute atomic E-state index is 0.0607. The van der Waals surface area contributed by atoms with Crippen LogP contribution in [0.5, 0.6) is 0 Å². The monoisotopic (exact) mass is 378 g/mol. The SMILES string of the molecule is Cc1nn([C@@H]2CCS(=O)(=O)C2)c2c1[C@@H](c1cccnc1)SCC(=O)N2. The standard InChI is InChI=1S/C16H18N4O3S2/c1-10-14-15(11-3-2-5-17-7-11)24-8-13(21)18-16(14)20(19-10)12-4-6-25(22,23)9-12/h2-3,5,7,12,15H,4,6,8-9H2,1H3,(H,18,21)/t12-,15-/m1/s1. The van der Waals surface area contributed by atoms with Crippen LogP contribution in [0.15, 0.2) is 24.5 Å². The van der Waals surface area contributed by atoms with Crippen molar-refractivity contribution in [1.29, 1.82) is 0 Å².